The summed E-state index contributed by atoms with van der Waals surface area (Å²) in [5.74, 6) is 0. The van der Waals surface area contributed by atoms with Crippen LogP contribution in [0.3, 0.4) is 0 Å². The zero-order valence-electron chi connectivity index (χ0n) is 10.9. The molecule has 2 nitrogen and oxygen atoms in total. The minimum Gasteiger partial charge on any atom is -0.453 e. The van der Waals surface area contributed by atoms with E-state index in [2.05, 4.69) is 45.0 Å². The molecular weight excluding hydrogens is 246 g/mol. The highest BCUT2D eigenvalue weighted by Crippen LogP contribution is 2.29. The average Bonchev–Trinajstić information content (AvgIpc) is 2.73. The van der Waals surface area contributed by atoms with Crippen molar-refractivity contribution in [1.82, 2.24) is 0 Å². The molecule has 1 heterocycles. The fourth-order valence-electron chi connectivity index (χ4n) is 1.90. The largest absolute Gasteiger partial charge is 0.453 e. The Bertz CT molecular complexity index is 522. The molecule has 1 aromatic carbocycles. The van der Waals surface area contributed by atoms with Gasteiger partial charge in [0.25, 0.3) is 0 Å². The van der Waals surface area contributed by atoms with Gasteiger partial charge in [0.05, 0.1) is 12.3 Å². The molecule has 0 fully saturated rings. The van der Waals surface area contributed by atoms with Crippen molar-refractivity contribution in [1.29, 1.82) is 0 Å². The highest BCUT2D eigenvalue weighted by molar-refractivity contribution is 6.29. The summed E-state index contributed by atoms with van der Waals surface area (Å²) in [5, 5.41) is 0.363. The Morgan fingerprint density at radius 2 is 1.72 bits per heavy atom. The van der Waals surface area contributed by atoms with E-state index in [1.807, 2.05) is 6.07 Å². The highest BCUT2D eigenvalue weighted by Gasteiger charge is 2.17. The Labute approximate surface area is 113 Å². The topological polar surface area (TPSA) is 39.2 Å². The van der Waals surface area contributed by atoms with Crippen molar-refractivity contribution in [2.75, 3.05) is 0 Å². The second-order valence-corrected chi connectivity index (χ2v) is 5.84. The van der Waals surface area contributed by atoms with Gasteiger partial charge in [0.1, 0.15) is 0 Å². The van der Waals surface area contributed by atoms with Gasteiger partial charge in [-0.3, -0.25) is 0 Å². The second-order valence-electron chi connectivity index (χ2n) is 5.50. The van der Waals surface area contributed by atoms with Crippen LogP contribution < -0.4 is 5.73 Å². The van der Waals surface area contributed by atoms with Crippen LogP contribution in [-0.4, -0.2) is 0 Å². The molecule has 0 aliphatic heterocycles. The average molecular weight is 264 g/mol. The lowest BCUT2D eigenvalue weighted by atomic mass is 9.86. The first-order valence-electron chi connectivity index (χ1n) is 5.98. The van der Waals surface area contributed by atoms with Gasteiger partial charge in [-0.15, -0.1) is 0 Å². The molecule has 2 aromatic rings. The molecule has 2 rings (SSSR count). The van der Waals surface area contributed by atoms with Crippen LogP contribution in [0.2, 0.25) is 5.22 Å². The van der Waals surface area contributed by atoms with Crippen LogP contribution in [-0.2, 0) is 5.41 Å². The number of benzene rings is 1. The molecule has 0 saturated carbocycles. The minimum absolute atomic E-state index is 0.149. The SMILES string of the molecule is CC(C)(C)c1ccc(C(N)c2ccoc2Cl)cc1. The van der Waals surface area contributed by atoms with Crippen LogP contribution >= 0.6 is 11.6 Å². The Hall–Kier alpha value is -1.25. The van der Waals surface area contributed by atoms with Crippen molar-refractivity contribution in [3.63, 3.8) is 0 Å². The summed E-state index contributed by atoms with van der Waals surface area (Å²) < 4.78 is 5.07. The van der Waals surface area contributed by atoms with Crippen molar-refractivity contribution >= 4 is 11.6 Å². The summed E-state index contributed by atoms with van der Waals surface area (Å²) in [5.41, 5.74) is 9.47. The van der Waals surface area contributed by atoms with Gasteiger partial charge in [-0.1, -0.05) is 45.0 Å². The first-order valence-corrected chi connectivity index (χ1v) is 6.36. The number of hydrogen-bond acceptors (Lipinski definition) is 2. The van der Waals surface area contributed by atoms with E-state index in [1.54, 1.807) is 6.26 Å². The normalized spacial score (nSPS) is 13.6. The number of nitrogens with two attached hydrogens (primary N) is 1. The standard InChI is InChI=1S/C15H18ClNO/c1-15(2,3)11-6-4-10(5-7-11)13(17)12-8-9-18-14(12)16/h4-9,13H,17H2,1-3H3. The zero-order valence-corrected chi connectivity index (χ0v) is 11.7. The quantitative estimate of drug-likeness (QED) is 0.878. The molecule has 0 saturated heterocycles. The lowest BCUT2D eigenvalue weighted by Gasteiger charge is -2.20. The molecule has 0 bridgehead atoms. The maximum absolute atomic E-state index is 6.18. The van der Waals surface area contributed by atoms with Crippen LogP contribution in [0.5, 0.6) is 0 Å². The van der Waals surface area contributed by atoms with Gasteiger partial charge >= 0.3 is 0 Å². The highest BCUT2D eigenvalue weighted by atomic mass is 35.5. The Balaban J connectivity index is 2.28. The van der Waals surface area contributed by atoms with Crippen LogP contribution in [0.15, 0.2) is 41.0 Å². The molecule has 1 aromatic heterocycles. The maximum atomic E-state index is 6.18. The summed E-state index contributed by atoms with van der Waals surface area (Å²) in [4.78, 5) is 0. The lowest BCUT2D eigenvalue weighted by Crippen LogP contribution is -2.14. The van der Waals surface area contributed by atoms with Gasteiger partial charge in [-0.25, -0.2) is 0 Å². The Morgan fingerprint density at radius 1 is 1.11 bits per heavy atom. The van der Waals surface area contributed by atoms with E-state index in [0.717, 1.165) is 11.1 Å². The lowest BCUT2D eigenvalue weighted by molar-refractivity contribution is 0.564. The Morgan fingerprint density at radius 3 is 2.17 bits per heavy atom. The molecule has 0 amide bonds. The van der Waals surface area contributed by atoms with Gasteiger partial charge in [-0.05, 0) is 34.2 Å². The van der Waals surface area contributed by atoms with E-state index in [-0.39, 0.29) is 11.5 Å². The molecule has 0 radical (unpaired) electrons. The number of furan rings is 1. The maximum Gasteiger partial charge on any atom is 0.198 e. The van der Waals surface area contributed by atoms with Crippen molar-refractivity contribution in [2.45, 2.75) is 32.2 Å². The van der Waals surface area contributed by atoms with Crippen LogP contribution in [0.25, 0.3) is 0 Å². The van der Waals surface area contributed by atoms with Crippen molar-refractivity contribution in [3.8, 4) is 0 Å². The van der Waals surface area contributed by atoms with E-state index in [1.165, 1.54) is 5.56 Å². The third kappa shape index (κ3) is 2.60. The summed E-state index contributed by atoms with van der Waals surface area (Å²) in [6.45, 7) is 6.57. The van der Waals surface area contributed by atoms with Crippen LogP contribution in [0.1, 0.15) is 43.5 Å². The van der Waals surface area contributed by atoms with E-state index in [4.69, 9.17) is 21.8 Å². The number of halogens is 1. The fourth-order valence-corrected chi connectivity index (χ4v) is 2.13. The van der Waals surface area contributed by atoms with Crippen molar-refractivity contribution in [3.05, 3.63) is 58.5 Å². The third-order valence-corrected chi connectivity index (χ3v) is 3.42. The molecule has 18 heavy (non-hydrogen) atoms. The van der Waals surface area contributed by atoms with Crippen molar-refractivity contribution in [2.24, 2.45) is 5.73 Å². The fraction of sp³-hybridized carbons (Fsp3) is 0.333. The molecule has 96 valence electrons. The summed E-state index contributed by atoms with van der Waals surface area (Å²) in [6.07, 6.45) is 1.56. The first-order chi connectivity index (χ1) is 8.39. The molecule has 1 atom stereocenters. The number of rotatable bonds is 2. The molecule has 0 spiro atoms. The predicted octanol–water partition coefficient (Wildman–Crippen LogP) is 4.28. The minimum atomic E-state index is -0.245. The molecule has 0 aliphatic rings. The monoisotopic (exact) mass is 263 g/mol. The van der Waals surface area contributed by atoms with E-state index < -0.39 is 0 Å². The van der Waals surface area contributed by atoms with Gasteiger partial charge in [0, 0.05) is 5.56 Å². The van der Waals surface area contributed by atoms with E-state index >= 15 is 0 Å². The summed E-state index contributed by atoms with van der Waals surface area (Å²) >= 11 is 5.94. The van der Waals surface area contributed by atoms with Crippen LogP contribution in [0.4, 0.5) is 0 Å². The smallest absolute Gasteiger partial charge is 0.198 e. The zero-order chi connectivity index (χ0) is 13.3. The van der Waals surface area contributed by atoms with Gasteiger partial charge in [-0.2, -0.15) is 0 Å². The van der Waals surface area contributed by atoms with Crippen LogP contribution in [0, 0.1) is 0 Å². The van der Waals surface area contributed by atoms with Gasteiger partial charge in [0.2, 0.25) is 0 Å². The van der Waals surface area contributed by atoms with Gasteiger partial charge < -0.3 is 10.2 Å². The van der Waals surface area contributed by atoms with Crippen molar-refractivity contribution < 1.29 is 4.42 Å². The van der Waals surface area contributed by atoms with Gasteiger partial charge in [0.15, 0.2) is 5.22 Å². The molecule has 1 unspecified atom stereocenters. The molecule has 3 heteroatoms. The molecular formula is C15H18ClNO. The second kappa shape index (κ2) is 4.79. The molecule has 2 N–H and O–H groups in total. The number of hydrogen-bond donors (Lipinski definition) is 1. The third-order valence-electron chi connectivity index (χ3n) is 3.12. The summed E-state index contributed by atoms with van der Waals surface area (Å²) in [7, 11) is 0. The Kier molecular flexibility index (Phi) is 3.51. The first kappa shape index (κ1) is 13.2. The summed E-state index contributed by atoms with van der Waals surface area (Å²) in [6, 6.07) is 9.89. The van der Waals surface area contributed by atoms with E-state index in [0.29, 0.717) is 5.22 Å². The van der Waals surface area contributed by atoms with E-state index in [9.17, 15) is 0 Å². The molecule has 0 aliphatic carbocycles. The predicted molar refractivity (Wildman–Crippen MR) is 74.9 cm³/mol.